The highest BCUT2D eigenvalue weighted by atomic mass is 35.5. The number of aldehydes is 1. The summed E-state index contributed by atoms with van der Waals surface area (Å²) in [5, 5.41) is 6.60. The van der Waals surface area contributed by atoms with Crippen molar-refractivity contribution in [2.24, 2.45) is 0 Å². The molecule has 0 bridgehead atoms. The van der Waals surface area contributed by atoms with E-state index < -0.39 is 5.72 Å². The van der Waals surface area contributed by atoms with E-state index in [9.17, 15) is 4.79 Å². The molecule has 1 aliphatic rings. The SMILES string of the molecule is CO[C@]1(c2ccccc2C=O)CNCCN1.Cl. The lowest BCUT2D eigenvalue weighted by molar-refractivity contribution is -0.0539. The molecule has 4 nitrogen and oxygen atoms in total. The van der Waals surface area contributed by atoms with Crippen LogP contribution in [0.4, 0.5) is 0 Å². The van der Waals surface area contributed by atoms with E-state index in [-0.39, 0.29) is 12.4 Å². The first-order chi connectivity index (χ1) is 7.82. The van der Waals surface area contributed by atoms with E-state index in [0.717, 1.165) is 24.9 Å². The van der Waals surface area contributed by atoms with Crippen LogP contribution in [0.1, 0.15) is 15.9 Å². The number of rotatable bonds is 3. The van der Waals surface area contributed by atoms with Gasteiger partial charge < -0.3 is 10.1 Å². The zero-order valence-corrected chi connectivity index (χ0v) is 10.5. The van der Waals surface area contributed by atoms with Gasteiger partial charge in [0.2, 0.25) is 0 Å². The fourth-order valence-electron chi connectivity index (χ4n) is 2.09. The lowest BCUT2D eigenvalue weighted by atomic mass is 9.96. The van der Waals surface area contributed by atoms with E-state index in [1.54, 1.807) is 13.2 Å². The van der Waals surface area contributed by atoms with Crippen LogP contribution in [-0.2, 0) is 10.5 Å². The van der Waals surface area contributed by atoms with E-state index >= 15 is 0 Å². The third kappa shape index (κ3) is 2.66. The van der Waals surface area contributed by atoms with E-state index in [1.807, 2.05) is 18.2 Å². The van der Waals surface area contributed by atoms with Crippen LogP contribution in [0, 0.1) is 0 Å². The standard InChI is InChI=1S/C12H16N2O2.ClH/c1-16-12(9-13-6-7-14-12)11-5-3-2-4-10(11)8-15;/h2-5,8,13-14H,6-7,9H2,1H3;1H/t12-;/m0./s1. The summed E-state index contributed by atoms with van der Waals surface area (Å²) in [5.41, 5.74) is 0.968. The molecule has 1 heterocycles. The quantitative estimate of drug-likeness (QED) is 0.790. The molecule has 1 fully saturated rings. The van der Waals surface area contributed by atoms with Crippen LogP contribution in [0.5, 0.6) is 0 Å². The van der Waals surface area contributed by atoms with Gasteiger partial charge in [-0.25, -0.2) is 0 Å². The second-order valence-corrected chi connectivity index (χ2v) is 3.84. The fourth-order valence-corrected chi connectivity index (χ4v) is 2.09. The zero-order chi connectivity index (χ0) is 11.4. The molecule has 1 aromatic rings. The minimum absolute atomic E-state index is 0. The van der Waals surface area contributed by atoms with Gasteiger partial charge in [-0.15, -0.1) is 12.4 Å². The summed E-state index contributed by atoms with van der Waals surface area (Å²) in [5.74, 6) is 0. The number of hydrogen-bond acceptors (Lipinski definition) is 4. The molecule has 1 atom stereocenters. The summed E-state index contributed by atoms with van der Waals surface area (Å²) in [7, 11) is 1.65. The van der Waals surface area contributed by atoms with Crippen LogP contribution >= 0.6 is 12.4 Å². The van der Waals surface area contributed by atoms with Crippen LogP contribution in [-0.4, -0.2) is 33.0 Å². The zero-order valence-electron chi connectivity index (χ0n) is 9.73. The molecule has 1 saturated heterocycles. The molecule has 0 aromatic heterocycles. The third-order valence-corrected chi connectivity index (χ3v) is 2.96. The predicted molar refractivity (Wildman–Crippen MR) is 68.6 cm³/mol. The van der Waals surface area contributed by atoms with Gasteiger partial charge in [-0.3, -0.25) is 10.1 Å². The monoisotopic (exact) mass is 256 g/mol. The van der Waals surface area contributed by atoms with Gasteiger partial charge in [-0.05, 0) is 0 Å². The maximum Gasteiger partial charge on any atom is 0.158 e. The average Bonchev–Trinajstić information content (AvgIpc) is 2.39. The van der Waals surface area contributed by atoms with E-state index in [2.05, 4.69) is 10.6 Å². The van der Waals surface area contributed by atoms with Crippen molar-refractivity contribution in [3.63, 3.8) is 0 Å². The summed E-state index contributed by atoms with van der Waals surface area (Å²) in [6.07, 6.45) is 0.867. The average molecular weight is 257 g/mol. The molecule has 1 aromatic carbocycles. The predicted octanol–water partition coefficient (Wildman–Crippen LogP) is 0.913. The Bertz CT molecular complexity index is 379. The summed E-state index contributed by atoms with van der Waals surface area (Å²) in [6, 6.07) is 7.50. The smallest absolute Gasteiger partial charge is 0.158 e. The third-order valence-electron chi connectivity index (χ3n) is 2.96. The van der Waals surface area contributed by atoms with Crippen LogP contribution in [0.2, 0.25) is 0 Å². The number of methoxy groups -OCH3 is 1. The first-order valence-electron chi connectivity index (χ1n) is 5.38. The molecule has 2 N–H and O–H groups in total. The van der Waals surface area contributed by atoms with E-state index in [4.69, 9.17) is 4.74 Å². The van der Waals surface area contributed by atoms with Gasteiger partial charge in [0.25, 0.3) is 0 Å². The van der Waals surface area contributed by atoms with Crippen molar-refractivity contribution >= 4 is 18.7 Å². The lowest BCUT2D eigenvalue weighted by Crippen LogP contribution is -2.58. The number of hydrogen-bond donors (Lipinski definition) is 2. The summed E-state index contributed by atoms with van der Waals surface area (Å²) in [4.78, 5) is 11.0. The Kier molecular flexibility index (Phi) is 5.08. The molecule has 0 aliphatic carbocycles. The van der Waals surface area contributed by atoms with Gasteiger partial charge in [0.1, 0.15) is 6.29 Å². The molecule has 0 radical (unpaired) electrons. The van der Waals surface area contributed by atoms with Crippen LogP contribution in [0.3, 0.4) is 0 Å². The highest BCUT2D eigenvalue weighted by molar-refractivity contribution is 5.85. The highest BCUT2D eigenvalue weighted by Crippen LogP contribution is 2.25. The number of carbonyl (C=O) groups excluding carboxylic acids is 1. The molecule has 1 aliphatic heterocycles. The van der Waals surface area contributed by atoms with Crippen molar-refractivity contribution in [2.45, 2.75) is 5.72 Å². The minimum atomic E-state index is -0.588. The number of halogens is 1. The van der Waals surface area contributed by atoms with Gasteiger partial charge >= 0.3 is 0 Å². The van der Waals surface area contributed by atoms with E-state index in [1.165, 1.54) is 0 Å². The molecule has 5 heteroatoms. The topological polar surface area (TPSA) is 50.4 Å². The summed E-state index contributed by atoms with van der Waals surface area (Å²) in [6.45, 7) is 2.39. The molecular formula is C12H17ClN2O2. The van der Waals surface area contributed by atoms with Crippen molar-refractivity contribution in [2.75, 3.05) is 26.7 Å². The minimum Gasteiger partial charge on any atom is -0.358 e. The first-order valence-corrected chi connectivity index (χ1v) is 5.38. The van der Waals surface area contributed by atoms with Crippen molar-refractivity contribution < 1.29 is 9.53 Å². The molecule has 0 spiro atoms. The Morgan fingerprint density at radius 3 is 2.71 bits per heavy atom. The maximum absolute atomic E-state index is 11.0. The lowest BCUT2D eigenvalue weighted by Gasteiger charge is -2.38. The Balaban J connectivity index is 0.00000144. The van der Waals surface area contributed by atoms with Crippen LogP contribution in [0.15, 0.2) is 24.3 Å². The number of benzene rings is 1. The molecule has 2 rings (SSSR count). The summed E-state index contributed by atoms with van der Waals surface area (Å²) >= 11 is 0. The number of ether oxygens (including phenoxy) is 1. The normalized spacial score (nSPS) is 23.8. The molecular weight excluding hydrogens is 240 g/mol. The molecule has 0 amide bonds. The van der Waals surface area contributed by atoms with E-state index in [0.29, 0.717) is 12.1 Å². The number of nitrogens with one attached hydrogen (secondary N) is 2. The van der Waals surface area contributed by atoms with Gasteiger partial charge in [0.15, 0.2) is 5.72 Å². The van der Waals surface area contributed by atoms with Gasteiger partial charge in [0, 0.05) is 37.9 Å². The van der Waals surface area contributed by atoms with Gasteiger partial charge in [-0.2, -0.15) is 0 Å². The van der Waals surface area contributed by atoms with Crippen molar-refractivity contribution in [3.8, 4) is 0 Å². The maximum atomic E-state index is 11.0. The van der Waals surface area contributed by atoms with Gasteiger partial charge in [-0.1, -0.05) is 24.3 Å². The second kappa shape index (κ2) is 6.12. The highest BCUT2D eigenvalue weighted by Gasteiger charge is 2.35. The first kappa shape index (κ1) is 14.1. The Morgan fingerprint density at radius 2 is 2.12 bits per heavy atom. The molecule has 0 unspecified atom stereocenters. The van der Waals surface area contributed by atoms with Gasteiger partial charge in [0.05, 0.1) is 0 Å². The number of carbonyl (C=O) groups is 1. The Hall–Kier alpha value is -0.940. The largest absolute Gasteiger partial charge is 0.358 e. The van der Waals surface area contributed by atoms with Crippen molar-refractivity contribution in [1.29, 1.82) is 0 Å². The molecule has 17 heavy (non-hydrogen) atoms. The Labute approximate surface area is 107 Å². The molecule has 0 saturated carbocycles. The molecule has 94 valence electrons. The van der Waals surface area contributed by atoms with Crippen molar-refractivity contribution in [1.82, 2.24) is 10.6 Å². The fraction of sp³-hybridized carbons (Fsp3) is 0.417. The van der Waals surface area contributed by atoms with Crippen molar-refractivity contribution in [3.05, 3.63) is 35.4 Å². The number of piperazine rings is 1. The van der Waals surface area contributed by atoms with Crippen LogP contribution < -0.4 is 10.6 Å². The summed E-state index contributed by atoms with van der Waals surface area (Å²) < 4.78 is 5.57. The Morgan fingerprint density at radius 1 is 1.35 bits per heavy atom. The van der Waals surface area contributed by atoms with Crippen LogP contribution in [0.25, 0.3) is 0 Å². The second-order valence-electron chi connectivity index (χ2n) is 3.84.